The predicted octanol–water partition coefficient (Wildman–Crippen LogP) is 10.3. The highest BCUT2D eigenvalue weighted by atomic mass is 16.5. The van der Waals surface area contributed by atoms with Crippen molar-refractivity contribution in [3.8, 4) is 0 Å². The van der Waals surface area contributed by atoms with Gasteiger partial charge < -0.3 is 9.84 Å². The van der Waals surface area contributed by atoms with Crippen molar-refractivity contribution in [3.05, 3.63) is 119 Å². The van der Waals surface area contributed by atoms with Crippen LogP contribution in [0.15, 0.2) is 119 Å². The van der Waals surface area contributed by atoms with Crippen LogP contribution in [0.2, 0.25) is 0 Å². The average Bonchev–Trinajstić information content (AvgIpc) is 2.91. The second kappa shape index (κ2) is 16.9. The first-order chi connectivity index (χ1) is 20.6. The Kier molecular flexibility index (Phi) is 14.3. The number of hydrogen-bond acceptors (Lipinski definition) is 3. The van der Waals surface area contributed by atoms with Crippen molar-refractivity contribution in [2.75, 3.05) is 7.11 Å². The molecular formula is C41H58O3. The van der Waals surface area contributed by atoms with Gasteiger partial charge >= 0.3 is 0 Å². The van der Waals surface area contributed by atoms with Crippen molar-refractivity contribution in [2.24, 2.45) is 22.7 Å². The molecule has 0 bridgehead atoms. The molecule has 0 amide bonds. The van der Waals surface area contributed by atoms with Crippen molar-refractivity contribution < 1.29 is 14.6 Å². The van der Waals surface area contributed by atoms with E-state index in [9.17, 15) is 9.90 Å². The lowest BCUT2D eigenvalue weighted by Crippen LogP contribution is -2.38. The fraction of sp³-hybridized carbons (Fsp3) is 0.488. The minimum Gasteiger partial charge on any atom is -0.393 e. The first kappa shape index (κ1) is 37.2. The largest absolute Gasteiger partial charge is 0.393 e. The second-order valence-electron chi connectivity index (χ2n) is 14.2. The molecule has 1 saturated carbocycles. The van der Waals surface area contributed by atoms with Gasteiger partial charge in [-0.2, -0.15) is 0 Å². The SMILES string of the molecule is CO[C@H]1CC(C)(C)C(/C=C/C(C)=C/C=C/C(C)=C/C=C/C=C(C)/C=C/C=C(C)/C=C/[C@H]2C(C)C[C@@H](O)CC2(C)C)=C(C)C1=O. The fourth-order valence-electron chi connectivity index (χ4n) is 6.52. The molecule has 240 valence electrons. The number of carbonyl (C=O) groups excluding carboxylic acids is 1. The van der Waals surface area contributed by atoms with Crippen molar-refractivity contribution in [1.82, 2.24) is 0 Å². The van der Waals surface area contributed by atoms with E-state index in [2.05, 4.69) is 147 Å². The van der Waals surface area contributed by atoms with Crippen LogP contribution in [0.5, 0.6) is 0 Å². The Hall–Kier alpha value is -3.01. The summed E-state index contributed by atoms with van der Waals surface area (Å²) >= 11 is 0. The smallest absolute Gasteiger partial charge is 0.187 e. The molecule has 3 heteroatoms. The van der Waals surface area contributed by atoms with Gasteiger partial charge in [0, 0.05) is 7.11 Å². The average molecular weight is 599 g/mol. The number of carbonyl (C=O) groups is 1. The summed E-state index contributed by atoms with van der Waals surface area (Å²) < 4.78 is 5.41. The lowest BCUT2D eigenvalue weighted by atomic mass is 9.63. The molecule has 44 heavy (non-hydrogen) atoms. The van der Waals surface area contributed by atoms with Gasteiger partial charge in [-0.25, -0.2) is 0 Å². The van der Waals surface area contributed by atoms with Gasteiger partial charge in [0.25, 0.3) is 0 Å². The van der Waals surface area contributed by atoms with Crippen LogP contribution in [0.3, 0.4) is 0 Å². The first-order valence-corrected chi connectivity index (χ1v) is 16.1. The molecule has 0 aliphatic heterocycles. The summed E-state index contributed by atoms with van der Waals surface area (Å²) in [6.07, 6.45) is 31.6. The molecule has 3 nitrogen and oxygen atoms in total. The maximum Gasteiger partial charge on any atom is 0.187 e. The molecule has 4 atom stereocenters. The van der Waals surface area contributed by atoms with E-state index in [-0.39, 0.29) is 28.8 Å². The lowest BCUT2D eigenvalue weighted by molar-refractivity contribution is -0.127. The molecule has 2 rings (SSSR count). The molecule has 0 saturated heterocycles. The Morgan fingerprint density at radius 3 is 1.82 bits per heavy atom. The van der Waals surface area contributed by atoms with Gasteiger partial charge in [-0.05, 0) is 87.7 Å². The van der Waals surface area contributed by atoms with Crippen LogP contribution in [0, 0.1) is 22.7 Å². The third-order valence-corrected chi connectivity index (χ3v) is 9.04. The van der Waals surface area contributed by atoms with Crippen LogP contribution in [0.1, 0.15) is 88.5 Å². The molecule has 0 radical (unpaired) electrons. The number of aliphatic hydroxyl groups excluding tert-OH is 1. The summed E-state index contributed by atoms with van der Waals surface area (Å²) in [4.78, 5) is 12.6. The molecule has 1 fully saturated rings. The van der Waals surface area contributed by atoms with Crippen molar-refractivity contribution in [2.45, 2.75) is 101 Å². The Bertz CT molecular complexity index is 1310. The van der Waals surface area contributed by atoms with Gasteiger partial charge in [0.05, 0.1) is 6.10 Å². The van der Waals surface area contributed by atoms with Crippen LogP contribution >= 0.6 is 0 Å². The lowest BCUT2D eigenvalue weighted by Gasteiger charge is -2.43. The summed E-state index contributed by atoms with van der Waals surface area (Å²) in [5.41, 5.74) is 6.59. The minimum atomic E-state index is -0.346. The molecule has 0 heterocycles. The quantitative estimate of drug-likeness (QED) is 0.241. The Labute approximate surface area is 268 Å². The van der Waals surface area contributed by atoms with Gasteiger partial charge in [0.15, 0.2) is 5.78 Å². The van der Waals surface area contributed by atoms with Crippen LogP contribution in [0.4, 0.5) is 0 Å². The molecule has 1 N–H and O–H groups in total. The molecule has 1 unspecified atom stereocenters. The zero-order valence-corrected chi connectivity index (χ0v) is 29.3. The second-order valence-corrected chi connectivity index (χ2v) is 14.2. The Morgan fingerprint density at radius 1 is 0.795 bits per heavy atom. The van der Waals surface area contributed by atoms with E-state index in [4.69, 9.17) is 4.74 Å². The molecule has 0 aromatic carbocycles. The van der Waals surface area contributed by atoms with Crippen LogP contribution in [-0.2, 0) is 9.53 Å². The normalized spacial score (nSPS) is 27.8. The number of ketones is 1. The van der Waals surface area contributed by atoms with Gasteiger partial charge in [-0.3, -0.25) is 4.79 Å². The maximum absolute atomic E-state index is 12.6. The molecule has 2 aliphatic rings. The molecule has 0 spiro atoms. The van der Waals surface area contributed by atoms with E-state index in [1.807, 2.05) is 6.92 Å². The monoisotopic (exact) mass is 598 g/mol. The van der Waals surface area contributed by atoms with Crippen molar-refractivity contribution in [1.29, 1.82) is 0 Å². The van der Waals surface area contributed by atoms with Crippen LogP contribution in [0.25, 0.3) is 0 Å². The highest BCUT2D eigenvalue weighted by Gasteiger charge is 2.39. The minimum absolute atomic E-state index is 0.0923. The number of allylic oxidation sites excluding steroid dienone is 19. The van der Waals surface area contributed by atoms with Crippen LogP contribution < -0.4 is 0 Å². The van der Waals surface area contributed by atoms with Crippen molar-refractivity contribution in [3.63, 3.8) is 0 Å². The van der Waals surface area contributed by atoms with E-state index < -0.39 is 0 Å². The van der Waals surface area contributed by atoms with Crippen LogP contribution in [-0.4, -0.2) is 30.2 Å². The number of aliphatic hydroxyl groups is 1. The number of hydrogen-bond donors (Lipinski definition) is 1. The fourth-order valence-corrected chi connectivity index (χ4v) is 6.52. The Balaban J connectivity index is 1.91. The first-order valence-electron chi connectivity index (χ1n) is 16.1. The number of rotatable bonds is 11. The molecular weight excluding hydrogens is 540 g/mol. The third-order valence-electron chi connectivity index (χ3n) is 9.04. The van der Waals surface area contributed by atoms with E-state index in [0.717, 1.165) is 35.1 Å². The number of Topliss-reactive ketones (excluding diaryl/α,β-unsaturated/α-hetero) is 1. The summed E-state index contributed by atoms with van der Waals surface area (Å²) in [5, 5.41) is 10.1. The summed E-state index contributed by atoms with van der Waals surface area (Å²) in [7, 11) is 1.61. The maximum atomic E-state index is 12.6. The van der Waals surface area contributed by atoms with Gasteiger partial charge in [0.2, 0.25) is 0 Å². The topological polar surface area (TPSA) is 46.5 Å². The Morgan fingerprint density at radius 2 is 1.30 bits per heavy atom. The predicted molar refractivity (Wildman–Crippen MR) is 189 cm³/mol. The highest BCUT2D eigenvalue weighted by Crippen LogP contribution is 2.45. The zero-order valence-electron chi connectivity index (χ0n) is 29.3. The van der Waals surface area contributed by atoms with Crippen molar-refractivity contribution >= 4 is 5.78 Å². The van der Waals surface area contributed by atoms with E-state index in [0.29, 0.717) is 18.3 Å². The molecule has 0 aromatic rings. The number of ether oxygens (including phenoxy) is 1. The summed E-state index contributed by atoms with van der Waals surface area (Å²) in [6.45, 7) is 21.5. The summed E-state index contributed by atoms with van der Waals surface area (Å²) in [5.74, 6) is 1.06. The zero-order chi connectivity index (χ0) is 33.1. The highest BCUT2D eigenvalue weighted by molar-refractivity contribution is 6.00. The summed E-state index contributed by atoms with van der Waals surface area (Å²) in [6, 6.07) is 0. The van der Waals surface area contributed by atoms with E-state index in [1.165, 1.54) is 11.1 Å². The standard InChI is InChI=1S/C41H58O3/c1-29(18-14-20-31(3)22-24-36-33(5)26-35(42)27-40(36,7)8)16-12-13-17-30(2)19-15-21-32(4)23-25-37-34(6)39(43)38(44-11)28-41(37,9)10/h12-25,33,35-36,38,42H,26-28H2,1-11H3/b13-12+,18-14+,19-15+,24-22+,25-23+,29-16+,30-17+,31-20+,32-21+/t33?,35-,36+,38+/m1/s1. The molecule has 2 aliphatic carbocycles. The van der Waals surface area contributed by atoms with Gasteiger partial charge in [-0.15, -0.1) is 0 Å². The van der Waals surface area contributed by atoms with Gasteiger partial charge in [-0.1, -0.05) is 142 Å². The number of methoxy groups -OCH3 is 1. The van der Waals surface area contributed by atoms with E-state index in [1.54, 1.807) is 7.11 Å². The van der Waals surface area contributed by atoms with Gasteiger partial charge in [0.1, 0.15) is 6.10 Å². The third kappa shape index (κ3) is 11.5. The molecule has 0 aromatic heterocycles. The van der Waals surface area contributed by atoms with E-state index >= 15 is 0 Å².